The average Bonchev–Trinajstić information content (AvgIpc) is 2.68. The van der Waals surface area contributed by atoms with E-state index in [2.05, 4.69) is 10.0 Å². The van der Waals surface area contributed by atoms with E-state index in [4.69, 9.17) is 5.73 Å². The van der Waals surface area contributed by atoms with E-state index in [9.17, 15) is 13.2 Å². The minimum absolute atomic E-state index is 0.0442. The van der Waals surface area contributed by atoms with Crippen LogP contribution < -0.4 is 15.8 Å². The van der Waals surface area contributed by atoms with Gasteiger partial charge in [0.25, 0.3) is 0 Å². The molecule has 2 aromatic carbocycles. The van der Waals surface area contributed by atoms with Crippen LogP contribution in [0.25, 0.3) is 11.1 Å². The van der Waals surface area contributed by atoms with Gasteiger partial charge in [-0.25, -0.2) is 13.1 Å². The Kier molecular flexibility index (Phi) is 6.17. The van der Waals surface area contributed by atoms with Gasteiger partial charge in [-0.2, -0.15) is 0 Å². The predicted octanol–water partition coefficient (Wildman–Crippen LogP) is 2.23. The number of carbonyl (C=O) groups is 1. The fourth-order valence-corrected chi connectivity index (χ4v) is 4.53. The molecule has 1 fully saturated rings. The van der Waals surface area contributed by atoms with Gasteiger partial charge in [0.2, 0.25) is 15.9 Å². The van der Waals surface area contributed by atoms with Gasteiger partial charge >= 0.3 is 0 Å². The zero-order chi connectivity index (χ0) is 20.3. The first-order valence-corrected chi connectivity index (χ1v) is 11.0. The zero-order valence-corrected chi connectivity index (χ0v) is 17.0. The Hall–Kier alpha value is -2.22. The van der Waals surface area contributed by atoms with Crippen LogP contribution in [-0.4, -0.2) is 38.7 Å². The maximum absolute atomic E-state index is 12.3. The number of sulfonamides is 1. The number of nitrogens with one attached hydrogen (secondary N) is 2. The maximum atomic E-state index is 12.3. The second-order valence-electron chi connectivity index (χ2n) is 7.45. The molecule has 4 N–H and O–H groups in total. The van der Waals surface area contributed by atoms with Gasteiger partial charge in [0.1, 0.15) is 0 Å². The Bertz CT molecular complexity index is 940. The highest BCUT2D eigenvalue weighted by Gasteiger charge is 2.31. The summed E-state index contributed by atoms with van der Waals surface area (Å²) in [7, 11) is -3.33. The second kappa shape index (κ2) is 8.43. The molecule has 0 aliphatic carbocycles. The molecule has 0 spiro atoms. The lowest BCUT2D eigenvalue weighted by molar-refractivity contribution is 0.100. The van der Waals surface area contributed by atoms with Crippen molar-refractivity contribution >= 4 is 15.9 Å². The third-order valence-electron chi connectivity index (χ3n) is 5.26. The van der Waals surface area contributed by atoms with Crippen molar-refractivity contribution in [2.45, 2.75) is 37.5 Å². The number of nitrogens with two attached hydrogens (primary N) is 1. The van der Waals surface area contributed by atoms with Gasteiger partial charge in [-0.15, -0.1) is 0 Å². The quantitative estimate of drug-likeness (QED) is 0.691. The fourth-order valence-electron chi connectivity index (χ4n) is 3.56. The van der Waals surface area contributed by atoms with Crippen molar-refractivity contribution in [3.05, 3.63) is 59.7 Å². The van der Waals surface area contributed by atoms with E-state index in [0.29, 0.717) is 12.1 Å². The van der Waals surface area contributed by atoms with E-state index >= 15 is 0 Å². The van der Waals surface area contributed by atoms with Crippen molar-refractivity contribution in [2.24, 2.45) is 5.73 Å². The first-order valence-electron chi connectivity index (χ1n) is 9.50. The minimum atomic E-state index is -3.33. The first kappa shape index (κ1) is 20.5. The number of piperidine rings is 1. The van der Waals surface area contributed by atoms with Crippen LogP contribution in [0, 0.1) is 0 Å². The number of primary amides is 1. The predicted molar refractivity (Wildman–Crippen MR) is 112 cm³/mol. The highest BCUT2D eigenvalue weighted by molar-refractivity contribution is 7.90. The highest BCUT2D eigenvalue weighted by Crippen LogP contribution is 2.29. The van der Waals surface area contributed by atoms with Gasteiger partial charge in [0.15, 0.2) is 0 Å². The van der Waals surface area contributed by atoms with Crippen molar-refractivity contribution in [1.82, 2.24) is 10.0 Å². The van der Waals surface area contributed by atoms with Crippen LogP contribution in [-0.2, 0) is 10.0 Å². The van der Waals surface area contributed by atoms with Gasteiger partial charge in [0, 0.05) is 24.1 Å². The van der Waals surface area contributed by atoms with Gasteiger partial charge < -0.3 is 11.1 Å². The van der Waals surface area contributed by atoms with Crippen molar-refractivity contribution in [3.63, 3.8) is 0 Å². The number of rotatable bonds is 6. The molecule has 7 heteroatoms. The van der Waals surface area contributed by atoms with E-state index in [1.165, 1.54) is 0 Å². The Morgan fingerprint density at radius 2 is 1.82 bits per heavy atom. The molecule has 0 bridgehead atoms. The smallest absolute Gasteiger partial charge is 0.249 e. The van der Waals surface area contributed by atoms with Crippen LogP contribution in [0.1, 0.15) is 42.1 Å². The van der Waals surface area contributed by atoms with Gasteiger partial charge in [-0.1, -0.05) is 42.5 Å². The lowest BCUT2D eigenvalue weighted by Crippen LogP contribution is -2.49. The van der Waals surface area contributed by atoms with E-state index in [-0.39, 0.29) is 12.0 Å². The third-order valence-corrected chi connectivity index (χ3v) is 7.13. The lowest BCUT2D eigenvalue weighted by atomic mass is 9.86. The van der Waals surface area contributed by atoms with E-state index in [1.54, 1.807) is 26.0 Å². The van der Waals surface area contributed by atoms with Gasteiger partial charge in [-0.3, -0.25) is 4.79 Å². The fraction of sp³-hybridized carbons (Fsp3) is 0.381. The van der Waals surface area contributed by atoms with Crippen molar-refractivity contribution in [2.75, 3.05) is 13.1 Å². The Morgan fingerprint density at radius 3 is 2.46 bits per heavy atom. The summed E-state index contributed by atoms with van der Waals surface area (Å²) >= 11 is 0. The highest BCUT2D eigenvalue weighted by atomic mass is 32.2. The van der Waals surface area contributed by atoms with Crippen LogP contribution in [0.15, 0.2) is 48.5 Å². The summed E-state index contributed by atoms with van der Waals surface area (Å²) in [5.41, 5.74) is 8.73. The first-order chi connectivity index (χ1) is 13.3. The molecule has 1 amide bonds. The minimum Gasteiger partial charge on any atom is -0.366 e. The maximum Gasteiger partial charge on any atom is 0.249 e. The summed E-state index contributed by atoms with van der Waals surface area (Å²) in [4.78, 5) is 11.7. The summed E-state index contributed by atoms with van der Waals surface area (Å²) in [6.07, 6.45) is 0.739. The molecule has 2 aromatic rings. The molecule has 1 aliphatic rings. The van der Waals surface area contributed by atoms with E-state index in [1.807, 2.05) is 36.4 Å². The van der Waals surface area contributed by atoms with E-state index in [0.717, 1.165) is 29.7 Å². The Morgan fingerprint density at radius 1 is 1.14 bits per heavy atom. The summed E-state index contributed by atoms with van der Waals surface area (Å²) in [6.45, 7) is 4.86. The molecule has 0 unspecified atom stereocenters. The number of benzene rings is 2. The average molecular weight is 402 g/mol. The zero-order valence-electron chi connectivity index (χ0n) is 16.2. The number of amides is 1. The summed E-state index contributed by atoms with van der Waals surface area (Å²) in [6, 6.07) is 15.0. The van der Waals surface area contributed by atoms with Gasteiger partial charge in [0.05, 0.1) is 5.25 Å². The largest absolute Gasteiger partial charge is 0.366 e. The monoisotopic (exact) mass is 401 g/mol. The third kappa shape index (κ3) is 4.43. The normalized spacial score (nSPS) is 20.2. The standard InChI is InChI=1S/C21H27N3O3S/c1-14(2)28(26,27)24-20-11-12-23-13-19(20)16-9-7-15(8-10-16)17-5-3-4-6-18(17)21(22)25/h3-10,14,19-20,23-24H,11-13H2,1-2H3,(H2,22,25)/t19-,20+/m0/s1. The van der Waals surface area contributed by atoms with Crippen molar-refractivity contribution in [1.29, 1.82) is 0 Å². The molecule has 150 valence electrons. The summed E-state index contributed by atoms with van der Waals surface area (Å²) < 4.78 is 27.6. The number of hydrogen-bond donors (Lipinski definition) is 3. The molecule has 1 aliphatic heterocycles. The van der Waals surface area contributed by atoms with E-state index < -0.39 is 21.2 Å². The Labute approximate surface area is 166 Å². The molecular weight excluding hydrogens is 374 g/mol. The van der Waals surface area contributed by atoms with Gasteiger partial charge in [-0.05, 0) is 49.6 Å². The van der Waals surface area contributed by atoms with Crippen LogP contribution in [0.5, 0.6) is 0 Å². The molecule has 28 heavy (non-hydrogen) atoms. The number of hydrogen-bond acceptors (Lipinski definition) is 4. The lowest BCUT2D eigenvalue weighted by Gasteiger charge is -2.33. The van der Waals surface area contributed by atoms with Crippen LogP contribution >= 0.6 is 0 Å². The second-order valence-corrected chi connectivity index (χ2v) is 9.72. The Balaban J connectivity index is 1.87. The van der Waals surface area contributed by atoms with Crippen LogP contribution in [0.2, 0.25) is 0 Å². The molecule has 0 aromatic heterocycles. The summed E-state index contributed by atoms with van der Waals surface area (Å²) in [5, 5.41) is 2.89. The molecule has 6 nitrogen and oxygen atoms in total. The molecule has 0 radical (unpaired) electrons. The molecule has 2 atom stereocenters. The number of carbonyl (C=O) groups excluding carboxylic acids is 1. The van der Waals surface area contributed by atoms with Crippen LogP contribution in [0.3, 0.4) is 0 Å². The molecule has 1 heterocycles. The topological polar surface area (TPSA) is 101 Å². The van der Waals surface area contributed by atoms with Crippen molar-refractivity contribution in [3.8, 4) is 11.1 Å². The van der Waals surface area contributed by atoms with Crippen LogP contribution in [0.4, 0.5) is 0 Å². The molecule has 3 rings (SSSR count). The molecular formula is C21H27N3O3S. The SMILES string of the molecule is CC(C)S(=O)(=O)N[C@@H]1CCNC[C@H]1c1ccc(-c2ccccc2C(N)=O)cc1. The molecule has 0 saturated carbocycles. The molecule has 1 saturated heterocycles. The van der Waals surface area contributed by atoms with Crippen molar-refractivity contribution < 1.29 is 13.2 Å². The summed E-state index contributed by atoms with van der Waals surface area (Å²) in [5.74, 6) is -0.415.